The number of anilines is 2. The summed E-state index contributed by atoms with van der Waals surface area (Å²) in [5.41, 5.74) is 6.08. The van der Waals surface area contributed by atoms with E-state index in [1.54, 1.807) is 24.3 Å². The summed E-state index contributed by atoms with van der Waals surface area (Å²) in [7, 11) is 3.86. The van der Waals surface area contributed by atoms with E-state index in [1.807, 2.05) is 56.6 Å². The second-order valence-corrected chi connectivity index (χ2v) is 7.75. The lowest BCUT2D eigenvalue weighted by Crippen LogP contribution is -2.23. The Morgan fingerprint density at radius 2 is 1.84 bits per heavy atom. The van der Waals surface area contributed by atoms with Crippen LogP contribution in [-0.2, 0) is 13.5 Å². The topological polar surface area (TPSA) is 87.5 Å². The average Bonchev–Trinajstić information content (AvgIpc) is 2.97. The van der Waals surface area contributed by atoms with Gasteiger partial charge in [-0.05, 0) is 62.6 Å². The summed E-state index contributed by atoms with van der Waals surface area (Å²) < 4.78 is 1.88. The summed E-state index contributed by atoms with van der Waals surface area (Å²) in [6, 6.07) is 12.1. The van der Waals surface area contributed by atoms with Crippen molar-refractivity contribution < 1.29 is 14.7 Å². The SMILES string of the molecule is Cc1ccccc1C(=O)Nc1cc(C(=O)O)ccc1N(C)CCc1c(C)nn(C)c1C. The van der Waals surface area contributed by atoms with Crippen LogP contribution in [0, 0.1) is 20.8 Å². The van der Waals surface area contributed by atoms with Crippen LogP contribution in [0.4, 0.5) is 11.4 Å². The van der Waals surface area contributed by atoms with Crippen molar-refractivity contribution in [3.05, 3.63) is 76.1 Å². The molecule has 0 spiro atoms. The Labute approximate surface area is 182 Å². The third-order valence-electron chi connectivity index (χ3n) is 5.65. The molecule has 0 radical (unpaired) electrons. The van der Waals surface area contributed by atoms with Crippen molar-refractivity contribution in [3.63, 3.8) is 0 Å². The van der Waals surface area contributed by atoms with Gasteiger partial charge in [0.2, 0.25) is 0 Å². The standard InChI is InChI=1S/C24H28N4O3/c1-15-8-6-7-9-19(15)23(29)25-21-14-18(24(30)31)10-11-22(21)27(4)13-12-20-16(2)26-28(5)17(20)3/h6-11,14H,12-13H2,1-5H3,(H,25,29)(H,30,31). The largest absolute Gasteiger partial charge is 0.478 e. The van der Waals surface area contributed by atoms with E-state index in [2.05, 4.69) is 10.4 Å². The van der Waals surface area contributed by atoms with Crippen molar-refractivity contribution in [2.75, 3.05) is 23.8 Å². The van der Waals surface area contributed by atoms with Gasteiger partial charge in [-0.25, -0.2) is 4.79 Å². The number of benzene rings is 2. The number of likely N-dealkylation sites (N-methyl/N-ethyl adjacent to an activating group) is 1. The van der Waals surface area contributed by atoms with Crippen molar-refractivity contribution in [1.29, 1.82) is 0 Å². The molecule has 3 aromatic rings. The molecule has 0 aliphatic carbocycles. The van der Waals surface area contributed by atoms with E-state index in [0.717, 1.165) is 29.1 Å². The number of carbonyl (C=O) groups excluding carboxylic acids is 1. The van der Waals surface area contributed by atoms with Crippen molar-refractivity contribution in [2.45, 2.75) is 27.2 Å². The van der Waals surface area contributed by atoms with Crippen LogP contribution in [-0.4, -0.2) is 40.4 Å². The summed E-state index contributed by atoms with van der Waals surface area (Å²) in [6.45, 7) is 6.60. The highest BCUT2D eigenvalue weighted by Gasteiger charge is 2.17. The molecule has 0 bridgehead atoms. The maximum absolute atomic E-state index is 12.9. The molecule has 0 aliphatic rings. The van der Waals surface area contributed by atoms with Gasteiger partial charge in [-0.3, -0.25) is 9.48 Å². The summed E-state index contributed by atoms with van der Waals surface area (Å²) >= 11 is 0. The van der Waals surface area contributed by atoms with E-state index in [4.69, 9.17) is 0 Å². The number of rotatable bonds is 7. The lowest BCUT2D eigenvalue weighted by atomic mass is 10.1. The van der Waals surface area contributed by atoms with E-state index < -0.39 is 5.97 Å². The van der Waals surface area contributed by atoms with Crippen LogP contribution < -0.4 is 10.2 Å². The van der Waals surface area contributed by atoms with Gasteiger partial charge in [0.1, 0.15) is 0 Å². The smallest absolute Gasteiger partial charge is 0.335 e. The number of aryl methyl sites for hydroxylation is 3. The maximum Gasteiger partial charge on any atom is 0.335 e. The molecule has 1 heterocycles. The number of hydrogen-bond donors (Lipinski definition) is 2. The van der Waals surface area contributed by atoms with Crippen LogP contribution in [0.15, 0.2) is 42.5 Å². The van der Waals surface area contributed by atoms with Gasteiger partial charge in [0.05, 0.1) is 22.6 Å². The molecule has 31 heavy (non-hydrogen) atoms. The predicted octanol–water partition coefficient (Wildman–Crippen LogP) is 3.97. The number of amides is 1. The minimum atomic E-state index is -1.04. The second kappa shape index (κ2) is 9.04. The fourth-order valence-electron chi connectivity index (χ4n) is 3.70. The first kappa shape index (κ1) is 22.1. The molecule has 0 unspecified atom stereocenters. The van der Waals surface area contributed by atoms with Gasteiger partial charge in [-0.2, -0.15) is 5.10 Å². The van der Waals surface area contributed by atoms with Crippen LogP contribution >= 0.6 is 0 Å². The zero-order valence-electron chi connectivity index (χ0n) is 18.6. The van der Waals surface area contributed by atoms with Gasteiger partial charge in [-0.1, -0.05) is 18.2 Å². The summed E-state index contributed by atoms with van der Waals surface area (Å²) in [5, 5.41) is 16.8. The molecule has 0 fully saturated rings. The minimum absolute atomic E-state index is 0.121. The van der Waals surface area contributed by atoms with Crippen molar-refractivity contribution in [3.8, 4) is 0 Å². The Kier molecular flexibility index (Phi) is 6.44. The minimum Gasteiger partial charge on any atom is -0.478 e. The fraction of sp³-hybridized carbons (Fsp3) is 0.292. The van der Waals surface area contributed by atoms with E-state index >= 15 is 0 Å². The zero-order chi connectivity index (χ0) is 22.7. The number of carbonyl (C=O) groups is 2. The first-order chi connectivity index (χ1) is 14.7. The molecule has 7 heteroatoms. The summed E-state index contributed by atoms with van der Waals surface area (Å²) in [5.74, 6) is -1.31. The van der Waals surface area contributed by atoms with E-state index in [1.165, 1.54) is 11.6 Å². The Bertz CT molecular complexity index is 1130. The Morgan fingerprint density at radius 1 is 1.13 bits per heavy atom. The first-order valence-corrected chi connectivity index (χ1v) is 10.1. The van der Waals surface area contributed by atoms with Crippen LogP contribution in [0.5, 0.6) is 0 Å². The van der Waals surface area contributed by atoms with E-state index in [-0.39, 0.29) is 11.5 Å². The van der Waals surface area contributed by atoms with Crippen LogP contribution in [0.25, 0.3) is 0 Å². The molecule has 0 saturated heterocycles. The number of nitrogens with zero attached hydrogens (tertiary/aromatic N) is 3. The third-order valence-corrected chi connectivity index (χ3v) is 5.65. The molecule has 0 aliphatic heterocycles. The van der Waals surface area contributed by atoms with Gasteiger partial charge in [0, 0.05) is 31.9 Å². The second-order valence-electron chi connectivity index (χ2n) is 7.75. The van der Waals surface area contributed by atoms with Crippen LogP contribution in [0.3, 0.4) is 0 Å². The molecule has 1 aromatic heterocycles. The molecule has 0 atom stereocenters. The molecule has 2 N–H and O–H groups in total. The monoisotopic (exact) mass is 420 g/mol. The Balaban J connectivity index is 1.87. The van der Waals surface area contributed by atoms with Crippen molar-refractivity contribution in [2.24, 2.45) is 7.05 Å². The highest BCUT2D eigenvalue weighted by Crippen LogP contribution is 2.28. The van der Waals surface area contributed by atoms with Gasteiger partial charge < -0.3 is 15.3 Å². The molecule has 2 aromatic carbocycles. The lowest BCUT2D eigenvalue weighted by molar-refractivity contribution is 0.0696. The maximum atomic E-state index is 12.9. The first-order valence-electron chi connectivity index (χ1n) is 10.1. The number of hydrogen-bond acceptors (Lipinski definition) is 4. The number of nitrogens with one attached hydrogen (secondary N) is 1. The van der Waals surface area contributed by atoms with E-state index in [9.17, 15) is 14.7 Å². The summed E-state index contributed by atoms with van der Waals surface area (Å²) in [6.07, 6.45) is 0.786. The molecule has 1 amide bonds. The van der Waals surface area contributed by atoms with Gasteiger partial charge in [0.25, 0.3) is 5.91 Å². The van der Waals surface area contributed by atoms with Gasteiger partial charge in [-0.15, -0.1) is 0 Å². The number of aromatic carboxylic acids is 1. The molecule has 3 rings (SSSR count). The number of carboxylic acids is 1. The van der Waals surface area contributed by atoms with Crippen LogP contribution in [0.1, 0.15) is 43.2 Å². The summed E-state index contributed by atoms with van der Waals surface area (Å²) in [4.78, 5) is 26.4. The molecule has 162 valence electrons. The normalized spacial score (nSPS) is 10.7. The van der Waals surface area contributed by atoms with Gasteiger partial charge in [0.15, 0.2) is 0 Å². The Morgan fingerprint density at radius 3 is 2.45 bits per heavy atom. The molecular formula is C24H28N4O3. The molecule has 0 saturated carbocycles. The number of aromatic nitrogens is 2. The third kappa shape index (κ3) is 4.77. The van der Waals surface area contributed by atoms with Crippen molar-refractivity contribution >= 4 is 23.3 Å². The zero-order valence-corrected chi connectivity index (χ0v) is 18.6. The van der Waals surface area contributed by atoms with E-state index in [0.29, 0.717) is 17.8 Å². The predicted molar refractivity (Wildman–Crippen MR) is 122 cm³/mol. The van der Waals surface area contributed by atoms with Crippen LogP contribution in [0.2, 0.25) is 0 Å². The highest BCUT2D eigenvalue weighted by molar-refractivity contribution is 6.07. The highest BCUT2D eigenvalue weighted by atomic mass is 16.4. The number of carboxylic acid groups (broad SMARTS) is 1. The lowest BCUT2D eigenvalue weighted by Gasteiger charge is -2.23. The quantitative estimate of drug-likeness (QED) is 0.604. The fourth-order valence-corrected chi connectivity index (χ4v) is 3.70. The molecule has 7 nitrogen and oxygen atoms in total. The van der Waals surface area contributed by atoms with Gasteiger partial charge >= 0.3 is 5.97 Å². The Hall–Kier alpha value is -3.61. The van der Waals surface area contributed by atoms with Crippen molar-refractivity contribution in [1.82, 2.24) is 9.78 Å². The molecular weight excluding hydrogens is 392 g/mol. The average molecular weight is 421 g/mol.